The molecule has 0 amide bonds. The lowest BCUT2D eigenvalue weighted by atomic mass is 10.3. The zero-order valence-corrected chi connectivity index (χ0v) is 12.9. The van der Waals surface area contributed by atoms with E-state index in [9.17, 15) is 0 Å². The van der Waals surface area contributed by atoms with E-state index in [-0.39, 0.29) is 0 Å². The Hall–Kier alpha value is -1.000. The van der Waals surface area contributed by atoms with Crippen LogP contribution in [0.15, 0.2) is 57.5 Å². The molecule has 0 atom stereocenters. The highest BCUT2D eigenvalue weighted by molar-refractivity contribution is 9.11. The van der Waals surface area contributed by atoms with Crippen molar-refractivity contribution < 1.29 is 4.74 Å². The van der Waals surface area contributed by atoms with Crippen LogP contribution in [0.4, 0.5) is 5.69 Å². The van der Waals surface area contributed by atoms with Crippen LogP contribution in [0.2, 0.25) is 0 Å². The van der Waals surface area contributed by atoms with E-state index in [1.54, 1.807) is 0 Å². The summed E-state index contributed by atoms with van der Waals surface area (Å²) in [6.45, 7) is 1.37. The molecule has 2 aromatic rings. The molecule has 0 saturated heterocycles. The first-order chi connectivity index (χ1) is 8.77. The molecule has 0 aromatic heterocycles. The molecular formula is C14H13Br2NO. The Bertz CT molecular complexity index is 469. The number of hydrogen-bond donors (Lipinski definition) is 1. The summed E-state index contributed by atoms with van der Waals surface area (Å²) in [5.74, 6) is 0.867. The Morgan fingerprint density at radius 2 is 1.56 bits per heavy atom. The minimum absolute atomic E-state index is 0.615. The van der Waals surface area contributed by atoms with Gasteiger partial charge < -0.3 is 10.1 Å². The van der Waals surface area contributed by atoms with E-state index < -0.39 is 0 Å². The van der Waals surface area contributed by atoms with Gasteiger partial charge in [0.1, 0.15) is 12.4 Å². The quantitative estimate of drug-likeness (QED) is 0.770. The van der Waals surface area contributed by atoms with Gasteiger partial charge in [-0.05, 0) is 56.1 Å². The van der Waals surface area contributed by atoms with Crippen molar-refractivity contribution in [1.82, 2.24) is 0 Å². The Morgan fingerprint density at radius 3 is 2.28 bits per heavy atom. The summed E-state index contributed by atoms with van der Waals surface area (Å²) in [4.78, 5) is 0. The van der Waals surface area contributed by atoms with E-state index in [1.165, 1.54) is 0 Å². The van der Waals surface area contributed by atoms with Crippen molar-refractivity contribution >= 4 is 37.5 Å². The van der Waals surface area contributed by atoms with Gasteiger partial charge in [-0.1, -0.05) is 24.3 Å². The van der Waals surface area contributed by atoms with Crippen LogP contribution >= 0.6 is 31.9 Å². The predicted octanol–water partition coefficient (Wildman–Crippen LogP) is 4.70. The first kappa shape index (κ1) is 13.4. The molecule has 0 heterocycles. The van der Waals surface area contributed by atoms with E-state index in [4.69, 9.17) is 4.74 Å². The number of benzene rings is 2. The van der Waals surface area contributed by atoms with Gasteiger partial charge in [-0.25, -0.2) is 0 Å². The van der Waals surface area contributed by atoms with Gasteiger partial charge in [0.05, 0.1) is 4.47 Å². The Labute approximate surface area is 124 Å². The van der Waals surface area contributed by atoms with Gasteiger partial charge in [0.2, 0.25) is 0 Å². The number of rotatable bonds is 5. The summed E-state index contributed by atoms with van der Waals surface area (Å²) < 4.78 is 7.71. The van der Waals surface area contributed by atoms with E-state index in [2.05, 4.69) is 37.2 Å². The standard InChI is InChI=1S/C14H13Br2NO/c15-11-5-1-3-7-13(11)17-9-10-18-14-8-4-2-6-12(14)16/h1-8,17H,9-10H2. The smallest absolute Gasteiger partial charge is 0.133 e. The van der Waals surface area contributed by atoms with Crippen molar-refractivity contribution in [3.05, 3.63) is 57.5 Å². The molecular weight excluding hydrogens is 358 g/mol. The minimum atomic E-state index is 0.615. The third-order valence-electron chi connectivity index (χ3n) is 2.39. The fourth-order valence-corrected chi connectivity index (χ4v) is 2.34. The van der Waals surface area contributed by atoms with Crippen molar-refractivity contribution in [2.24, 2.45) is 0 Å². The van der Waals surface area contributed by atoms with Crippen molar-refractivity contribution in [3.63, 3.8) is 0 Å². The number of nitrogens with one attached hydrogen (secondary N) is 1. The molecule has 0 saturated carbocycles. The normalized spacial score (nSPS) is 10.1. The minimum Gasteiger partial charge on any atom is -0.491 e. The second-order valence-corrected chi connectivity index (χ2v) is 5.39. The molecule has 18 heavy (non-hydrogen) atoms. The van der Waals surface area contributed by atoms with E-state index >= 15 is 0 Å². The van der Waals surface area contributed by atoms with Crippen LogP contribution in [0.3, 0.4) is 0 Å². The summed E-state index contributed by atoms with van der Waals surface area (Å²) in [6.07, 6.45) is 0. The summed E-state index contributed by atoms with van der Waals surface area (Å²) in [5, 5.41) is 3.32. The maximum atomic E-state index is 5.67. The zero-order valence-electron chi connectivity index (χ0n) is 9.70. The Kier molecular flexibility index (Phi) is 5.08. The van der Waals surface area contributed by atoms with E-state index in [0.717, 1.165) is 26.9 Å². The lowest BCUT2D eigenvalue weighted by Gasteiger charge is -2.10. The second kappa shape index (κ2) is 6.81. The lowest BCUT2D eigenvalue weighted by Crippen LogP contribution is -2.11. The van der Waals surface area contributed by atoms with Gasteiger partial charge in [0, 0.05) is 16.7 Å². The third kappa shape index (κ3) is 3.75. The Balaban J connectivity index is 1.80. The average molecular weight is 371 g/mol. The van der Waals surface area contributed by atoms with E-state index in [0.29, 0.717) is 6.61 Å². The van der Waals surface area contributed by atoms with Gasteiger partial charge in [-0.3, -0.25) is 0 Å². The molecule has 1 N–H and O–H groups in total. The molecule has 0 spiro atoms. The predicted molar refractivity (Wildman–Crippen MR) is 82.3 cm³/mol. The van der Waals surface area contributed by atoms with E-state index in [1.807, 2.05) is 48.5 Å². The summed E-state index contributed by atoms with van der Waals surface area (Å²) >= 11 is 6.95. The molecule has 0 aliphatic rings. The fraction of sp³-hybridized carbons (Fsp3) is 0.143. The van der Waals surface area contributed by atoms with Crippen LogP contribution in [-0.4, -0.2) is 13.2 Å². The molecule has 0 aliphatic heterocycles. The number of halogens is 2. The van der Waals surface area contributed by atoms with Gasteiger partial charge in [-0.15, -0.1) is 0 Å². The average Bonchev–Trinajstić information content (AvgIpc) is 2.38. The van der Waals surface area contributed by atoms with Crippen LogP contribution in [0.5, 0.6) is 5.75 Å². The third-order valence-corrected chi connectivity index (χ3v) is 3.73. The highest BCUT2D eigenvalue weighted by Crippen LogP contribution is 2.24. The topological polar surface area (TPSA) is 21.3 Å². The number of hydrogen-bond acceptors (Lipinski definition) is 2. The zero-order chi connectivity index (χ0) is 12.8. The molecule has 0 fully saturated rings. The molecule has 0 aliphatic carbocycles. The molecule has 2 aromatic carbocycles. The second-order valence-electron chi connectivity index (χ2n) is 3.69. The fourth-order valence-electron chi connectivity index (χ4n) is 1.51. The molecule has 0 unspecified atom stereocenters. The Morgan fingerprint density at radius 1 is 0.889 bits per heavy atom. The maximum absolute atomic E-state index is 5.67. The number of anilines is 1. The SMILES string of the molecule is Brc1ccccc1NCCOc1ccccc1Br. The van der Waals surface area contributed by atoms with Crippen molar-refractivity contribution in [2.45, 2.75) is 0 Å². The molecule has 2 nitrogen and oxygen atoms in total. The largest absolute Gasteiger partial charge is 0.491 e. The van der Waals surface area contributed by atoms with Crippen molar-refractivity contribution in [1.29, 1.82) is 0 Å². The first-order valence-electron chi connectivity index (χ1n) is 5.63. The van der Waals surface area contributed by atoms with Crippen LogP contribution < -0.4 is 10.1 Å². The summed E-state index contributed by atoms with van der Waals surface area (Å²) in [6, 6.07) is 15.9. The summed E-state index contributed by atoms with van der Waals surface area (Å²) in [7, 11) is 0. The van der Waals surface area contributed by atoms with Gasteiger partial charge in [0.25, 0.3) is 0 Å². The van der Waals surface area contributed by atoms with Gasteiger partial charge >= 0.3 is 0 Å². The van der Waals surface area contributed by atoms with Crippen molar-refractivity contribution in [3.8, 4) is 5.75 Å². The molecule has 2 rings (SSSR count). The summed E-state index contributed by atoms with van der Waals surface area (Å²) in [5.41, 5.74) is 1.08. The van der Waals surface area contributed by atoms with Crippen LogP contribution in [0, 0.1) is 0 Å². The van der Waals surface area contributed by atoms with Crippen LogP contribution in [0.25, 0.3) is 0 Å². The molecule has 0 bridgehead atoms. The number of ether oxygens (including phenoxy) is 1. The molecule has 94 valence electrons. The molecule has 0 radical (unpaired) electrons. The maximum Gasteiger partial charge on any atom is 0.133 e. The van der Waals surface area contributed by atoms with Crippen LogP contribution in [0.1, 0.15) is 0 Å². The highest BCUT2D eigenvalue weighted by Gasteiger charge is 2.00. The number of para-hydroxylation sites is 2. The van der Waals surface area contributed by atoms with Crippen LogP contribution in [-0.2, 0) is 0 Å². The van der Waals surface area contributed by atoms with Gasteiger partial charge in [-0.2, -0.15) is 0 Å². The molecule has 4 heteroatoms. The highest BCUT2D eigenvalue weighted by atomic mass is 79.9. The lowest BCUT2D eigenvalue weighted by molar-refractivity contribution is 0.331. The van der Waals surface area contributed by atoms with Crippen molar-refractivity contribution in [2.75, 3.05) is 18.5 Å². The van der Waals surface area contributed by atoms with Gasteiger partial charge in [0.15, 0.2) is 0 Å². The monoisotopic (exact) mass is 369 g/mol. The first-order valence-corrected chi connectivity index (χ1v) is 7.22.